The molecule has 2 nitrogen and oxygen atoms in total. The number of fused-ring (bicyclic) bond motifs is 9. The van der Waals surface area contributed by atoms with E-state index in [1.165, 1.54) is 75.1 Å². The molecule has 0 fully saturated rings. The van der Waals surface area contributed by atoms with Crippen molar-refractivity contribution < 1.29 is 4.42 Å². The van der Waals surface area contributed by atoms with E-state index in [9.17, 15) is 0 Å². The highest BCUT2D eigenvalue weighted by atomic mass is 32.1. The number of anilines is 3. The first-order valence-electron chi connectivity index (χ1n) is 24.2. The van der Waals surface area contributed by atoms with Gasteiger partial charge in [0.2, 0.25) is 0 Å². The van der Waals surface area contributed by atoms with Gasteiger partial charge in [-0.3, -0.25) is 0 Å². The molecule has 3 heteroatoms. The Morgan fingerprint density at radius 1 is 0.310 bits per heavy atom. The summed E-state index contributed by atoms with van der Waals surface area (Å²) < 4.78 is 9.23. The summed E-state index contributed by atoms with van der Waals surface area (Å²) >= 11 is 1.89. The second kappa shape index (κ2) is 16.9. The third kappa shape index (κ3) is 7.09. The first-order chi connectivity index (χ1) is 35.2. The van der Waals surface area contributed by atoms with Crippen molar-refractivity contribution >= 4 is 92.1 Å². The van der Waals surface area contributed by atoms with Crippen molar-refractivity contribution in [2.75, 3.05) is 4.90 Å². The van der Waals surface area contributed by atoms with E-state index in [0.29, 0.717) is 0 Å². The monoisotopic (exact) mass is 921 g/mol. The van der Waals surface area contributed by atoms with Gasteiger partial charge in [0.25, 0.3) is 0 Å². The van der Waals surface area contributed by atoms with Gasteiger partial charge in [-0.05, 0) is 126 Å². The molecular weight excluding hydrogens is 879 g/mol. The molecule has 332 valence electrons. The van der Waals surface area contributed by atoms with Gasteiger partial charge in [-0.2, -0.15) is 0 Å². The zero-order valence-electron chi connectivity index (χ0n) is 38.6. The van der Waals surface area contributed by atoms with Crippen LogP contribution in [0.4, 0.5) is 17.1 Å². The number of furan rings is 1. The Labute approximate surface area is 415 Å². The highest BCUT2D eigenvalue weighted by molar-refractivity contribution is 7.26. The van der Waals surface area contributed by atoms with E-state index in [2.05, 4.69) is 260 Å². The number of hydrogen-bond acceptors (Lipinski definition) is 3. The van der Waals surface area contributed by atoms with Crippen molar-refractivity contribution in [3.63, 3.8) is 0 Å². The van der Waals surface area contributed by atoms with Crippen molar-refractivity contribution in [1.29, 1.82) is 0 Å². The second-order valence-corrected chi connectivity index (χ2v) is 19.4. The highest BCUT2D eigenvalue weighted by Crippen LogP contribution is 2.45. The maximum atomic E-state index is 6.57. The number of thiophene rings is 1. The van der Waals surface area contributed by atoms with Crippen LogP contribution in [0.3, 0.4) is 0 Å². The molecule has 71 heavy (non-hydrogen) atoms. The molecule has 0 N–H and O–H groups in total. The van der Waals surface area contributed by atoms with Crippen molar-refractivity contribution in [3.05, 3.63) is 261 Å². The summed E-state index contributed by atoms with van der Waals surface area (Å²) in [7, 11) is 0. The molecule has 0 spiro atoms. The van der Waals surface area contributed by atoms with Gasteiger partial charge >= 0.3 is 0 Å². The van der Waals surface area contributed by atoms with Crippen LogP contribution in [0, 0.1) is 0 Å². The van der Waals surface area contributed by atoms with E-state index in [0.717, 1.165) is 61.3 Å². The fourth-order valence-corrected chi connectivity index (χ4v) is 12.0. The Bertz CT molecular complexity index is 4280. The summed E-state index contributed by atoms with van der Waals surface area (Å²) in [5, 5.41) is 9.95. The van der Waals surface area contributed by atoms with Gasteiger partial charge in [-0.15, -0.1) is 11.3 Å². The van der Waals surface area contributed by atoms with Crippen molar-refractivity contribution in [2.24, 2.45) is 0 Å². The molecule has 0 aliphatic rings. The van der Waals surface area contributed by atoms with Crippen LogP contribution >= 0.6 is 11.3 Å². The van der Waals surface area contributed by atoms with Gasteiger partial charge in [0, 0.05) is 53.6 Å². The average molecular weight is 922 g/mol. The van der Waals surface area contributed by atoms with Crippen LogP contribution in [0.1, 0.15) is 0 Å². The molecule has 0 saturated carbocycles. The Kier molecular flexibility index (Phi) is 9.75. The molecule has 0 atom stereocenters. The van der Waals surface area contributed by atoms with E-state index in [4.69, 9.17) is 4.42 Å². The summed E-state index contributed by atoms with van der Waals surface area (Å²) in [6.45, 7) is 0. The molecule has 14 aromatic rings. The van der Waals surface area contributed by atoms with E-state index in [-0.39, 0.29) is 0 Å². The molecular formula is C68H43NOS. The Balaban J connectivity index is 0.781. The average Bonchev–Trinajstić information content (AvgIpc) is 4.02. The maximum Gasteiger partial charge on any atom is 0.143 e. The first kappa shape index (κ1) is 41.0. The van der Waals surface area contributed by atoms with Crippen LogP contribution in [0.5, 0.6) is 0 Å². The fraction of sp³-hybridized carbons (Fsp3) is 0. The Hall–Kier alpha value is -9.02. The summed E-state index contributed by atoms with van der Waals surface area (Å²) in [6, 6.07) is 94.7. The van der Waals surface area contributed by atoms with Crippen molar-refractivity contribution in [1.82, 2.24) is 0 Å². The number of rotatable bonds is 8. The summed E-state index contributed by atoms with van der Waals surface area (Å²) in [6.07, 6.45) is 0. The molecule has 0 amide bonds. The predicted molar refractivity (Wildman–Crippen MR) is 303 cm³/mol. The zero-order chi connectivity index (χ0) is 46.8. The van der Waals surface area contributed by atoms with Gasteiger partial charge in [0.15, 0.2) is 0 Å². The van der Waals surface area contributed by atoms with Gasteiger partial charge in [0.1, 0.15) is 11.2 Å². The lowest BCUT2D eigenvalue weighted by atomic mass is 9.94. The second-order valence-electron chi connectivity index (χ2n) is 18.4. The van der Waals surface area contributed by atoms with Crippen molar-refractivity contribution in [3.8, 4) is 55.6 Å². The normalized spacial score (nSPS) is 11.7. The molecule has 12 aromatic carbocycles. The van der Waals surface area contributed by atoms with Crippen LogP contribution in [-0.2, 0) is 0 Å². The van der Waals surface area contributed by atoms with E-state index >= 15 is 0 Å². The standard InChI is InChI=1S/C68H43NOS/c1-2-11-44(12-3-1)47-29-36-54(37-30-47)69(55-38-31-48(32-39-55)45-21-25-51(26-22-45)59-18-10-19-61-66-57-15-6-4-13-50(57)35-42-64(66)71-68(59)61)56-40-33-49(34-41-56)46-23-27-52(28-24-46)65-58-16-7-5-14-53(58)43-62-60-17-8-9-20-63(60)70-67(62)65/h1-43H. The predicted octanol–water partition coefficient (Wildman–Crippen LogP) is 20.1. The highest BCUT2D eigenvalue weighted by Gasteiger charge is 2.19. The lowest BCUT2D eigenvalue weighted by Gasteiger charge is -2.26. The molecule has 2 heterocycles. The van der Waals surface area contributed by atoms with Gasteiger partial charge in [-0.25, -0.2) is 0 Å². The van der Waals surface area contributed by atoms with Crippen LogP contribution in [-0.4, -0.2) is 0 Å². The topological polar surface area (TPSA) is 16.4 Å². The van der Waals surface area contributed by atoms with E-state index in [1.807, 2.05) is 17.4 Å². The number of nitrogens with zero attached hydrogens (tertiary/aromatic N) is 1. The lowest BCUT2D eigenvalue weighted by molar-refractivity contribution is 0.670. The van der Waals surface area contributed by atoms with Crippen LogP contribution < -0.4 is 4.90 Å². The zero-order valence-corrected chi connectivity index (χ0v) is 39.4. The van der Waals surface area contributed by atoms with Gasteiger partial charge in [0.05, 0.1) is 0 Å². The number of para-hydroxylation sites is 1. The maximum absolute atomic E-state index is 6.57. The van der Waals surface area contributed by atoms with Gasteiger partial charge in [-0.1, -0.05) is 206 Å². The fourth-order valence-electron chi connectivity index (χ4n) is 10.8. The summed E-state index contributed by atoms with van der Waals surface area (Å²) in [5.74, 6) is 0. The molecule has 0 unspecified atom stereocenters. The Morgan fingerprint density at radius 2 is 0.789 bits per heavy atom. The third-order valence-corrected chi connectivity index (χ3v) is 15.5. The van der Waals surface area contributed by atoms with Crippen molar-refractivity contribution in [2.45, 2.75) is 0 Å². The lowest BCUT2D eigenvalue weighted by Crippen LogP contribution is -2.09. The smallest absolute Gasteiger partial charge is 0.143 e. The summed E-state index contributed by atoms with van der Waals surface area (Å²) in [5.41, 5.74) is 16.9. The molecule has 0 bridgehead atoms. The first-order valence-corrected chi connectivity index (χ1v) is 25.0. The third-order valence-electron chi connectivity index (χ3n) is 14.3. The number of benzene rings is 12. The Morgan fingerprint density at radius 3 is 1.42 bits per heavy atom. The van der Waals surface area contributed by atoms with Crippen LogP contribution in [0.25, 0.3) is 119 Å². The minimum absolute atomic E-state index is 0.907. The largest absolute Gasteiger partial charge is 0.455 e. The van der Waals surface area contributed by atoms with E-state index < -0.39 is 0 Å². The van der Waals surface area contributed by atoms with Crippen LogP contribution in [0.2, 0.25) is 0 Å². The summed E-state index contributed by atoms with van der Waals surface area (Å²) in [4.78, 5) is 2.35. The van der Waals surface area contributed by atoms with E-state index in [1.54, 1.807) is 0 Å². The molecule has 0 radical (unpaired) electrons. The SMILES string of the molecule is c1ccc(-c2ccc(N(c3ccc(-c4ccc(-c5c6ccccc6cc6c5oc5ccccc56)cc4)cc3)c3ccc(-c4ccc(-c5cccc6c5sc5ccc7ccccc7c56)cc4)cc3)cc2)cc1. The quantitative estimate of drug-likeness (QED) is 0.151. The molecule has 0 saturated heterocycles. The molecule has 14 rings (SSSR count). The van der Waals surface area contributed by atoms with Crippen LogP contribution in [0.15, 0.2) is 265 Å². The molecule has 0 aliphatic heterocycles. The molecule has 2 aromatic heterocycles. The molecule has 0 aliphatic carbocycles. The number of hydrogen-bond donors (Lipinski definition) is 0. The minimum atomic E-state index is 0.907. The minimum Gasteiger partial charge on any atom is -0.455 e. The van der Waals surface area contributed by atoms with Gasteiger partial charge < -0.3 is 9.32 Å².